The van der Waals surface area contributed by atoms with Gasteiger partial charge in [0.25, 0.3) is 0 Å². The van der Waals surface area contributed by atoms with Crippen LogP contribution >= 0.6 is 0 Å². The van der Waals surface area contributed by atoms with Crippen LogP contribution in [0, 0.1) is 6.92 Å². The molecule has 0 aliphatic heterocycles. The first kappa shape index (κ1) is 9.66. The zero-order valence-electron chi connectivity index (χ0n) is 8.70. The molecular weight excluding hydrogens is 174 g/mol. The second-order valence-electron chi connectivity index (χ2n) is 3.99. The van der Waals surface area contributed by atoms with E-state index < -0.39 is 0 Å². The second kappa shape index (κ2) is 4.56. The van der Waals surface area contributed by atoms with Crippen molar-refractivity contribution in [3.8, 4) is 0 Å². The largest absolute Gasteiger partial charge is 0.372 e. The number of pyridine rings is 1. The summed E-state index contributed by atoms with van der Waals surface area (Å²) in [4.78, 5) is 4.41. The summed E-state index contributed by atoms with van der Waals surface area (Å²) in [7, 11) is 0. The number of aryl methyl sites for hydroxylation is 1. The maximum absolute atomic E-state index is 5.78. The van der Waals surface area contributed by atoms with Gasteiger partial charge in [-0.25, -0.2) is 0 Å². The highest BCUT2D eigenvalue weighted by atomic mass is 16.5. The molecule has 0 saturated heterocycles. The SMILES string of the molecule is Cc1cccc(COC2CCCC2)n1. The van der Waals surface area contributed by atoms with Crippen LogP contribution in [0.25, 0.3) is 0 Å². The van der Waals surface area contributed by atoms with E-state index in [-0.39, 0.29) is 0 Å². The highest BCUT2D eigenvalue weighted by Gasteiger charge is 2.15. The summed E-state index contributed by atoms with van der Waals surface area (Å²) in [5.74, 6) is 0. The lowest BCUT2D eigenvalue weighted by atomic mass is 10.3. The summed E-state index contributed by atoms with van der Waals surface area (Å²) < 4.78 is 5.78. The van der Waals surface area contributed by atoms with E-state index in [1.807, 2.05) is 25.1 Å². The molecule has 0 spiro atoms. The average molecular weight is 191 g/mol. The molecule has 2 heteroatoms. The van der Waals surface area contributed by atoms with Crippen molar-refractivity contribution >= 4 is 0 Å². The lowest BCUT2D eigenvalue weighted by Gasteiger charge is -2.10. The van der Waals surface area contributed by atoms with E-state index in [0.29, 0.717) is 12.7 Å². The predicted molar refractivity (Wildman–Crippen MR) is 56.0 cm³/mol. The smallest absolute Gasteiger partial charge is 0.0891 e. The lowest BCUT2D eigenvalue weighted by Crippen LogP contribution is -2.08. The number of nitrogens with zero attached hydrogens (tertiary/aromatic N) is 1. The van der Waals surface area contributed by atoms with Crippen molar-refractivity contribution < 1.29 is 4.74 Å². The molecule has 2 nitrogen and oxygen atoms in total. The van der Waals surface area contributed by atoms with Crippen LogP contribution in [-0.2, 0) is 11.3 Å². The normalized spacial score (nSPS) is 17.5. The molecule has 1 fully saturated rings. The van der Waals surface area contributed by atoms with Gasteiger partial charge in [0.1, 0.15) is 0 Å². The summed E-state index contributed by atoms with van der Waals surface area (Å²) in [5, 5.41) is 0. The molecule has 14 heavy (non-hydrogen) atoms. The van der Waals surface area contributed by atoms with Gasteiger partial charge in [-0.05, 0) is 31.9 Å². The zero-order chi connectivity index (χ0) is 9.80. The van der Waals surface area contributed by atoms with Crippen LogP contribution in [0.4, 0.5) is 0 Å². The maximum atomic E-state index is 5.78. The molecule has 0 bridgehead atoms. The predicted octanol–water partition coefficient (Wildman–Crippen LogP) is 2.85. The molecule has 1 aliphatic carbocycles. The van der Waals surface area contributed by atoms with Crippen molar-refractivity contribution in [1.82, 2.24) is 4.98 Å². The van der Waals surface area contributed by atoms with Gasteiger partial charge >= 0.3 is 0 Å². The number of ether oxygens (including phenoxy) is 1. The van der Waals surface area contributed by atoms with Gasteiger partial charge < -0.3 is 4.74 Å². The molecule has 0 amide bonds. The van der Waals surface area contributed by atoms with Gasteiger partial charge in [0.2, 0.25) is 0 Å². The topological polar surface area (TPSA) is 22.1 Å². The second-order valence-corrected chi connectivity index (χ2v) is 3.99. The van der Waals surface area contributed by atoms with Gasteiger partial charge in [-0.1, -0.05) is 18.9 Å². The highest BCUT2D eigenvalue weighted by Crippen LogP contribution is 2.21. The molecule has 0 radical (unpaired) electrons. The molecule has 0 aromatic carbocycles. The fourth-order valence-corrected chi connectivity index (χ4v) is 1.94. The summed E-state index contributed by atoms with van der Waals surface area (Å²) in [6.45, 7) is 2.69. The first-order valence-electron chi connectivity index (χ1n) is 5.39. The van der Waals surface area contributed by atoms with E-state index >= 15 is 0 Å². The van der Waals surface area contributed by atoms with Crippen LogP contribution in [0.15, 0.2) is 18.2 Å². The molecule has 0 atom stereocenters. The average Bonchev–Trinajstić information content (AvgIpc) is 2.67. The third-order valence-electron chi connectivity index (χ3n) is 2.72. The fourth-order valence-electron chi connectivity index (χ4n) is 1.94. The lowest BCUT2D eigenvalue weighted by molar-refractivity contribution is 0.0437. The first-order chi connectivity index (χ1) is 6.84. The summed E-state index contributed by atoms with van der Waals surface area (Å²) in [5.41, 5.74) is 2.12. The number of hydrogen-bond donors (Lipinski definition) is 0. The number of aromatic nitrogens is 1. The van der Waals surface area contributed by atoms with Crippen LogP contribution in [0.3, 0.4) is 0 Å². The molecule has 0 N–H and O–H groups in total. The quantitative estimate of drug-likeness (QED) is 0.733. The Bertz CT molecular complexity index is 292. The van der Waals surface area contributed by atoms with Crippen molar-refractivity contribution in [2.45, 2.75) is 45.3 Å². The molecule has 1 aliphatic rings. The fraction of sp³-hybridized carbons (Fsp3) is 0.583. The monoisotopic (exact) mass is 191 g/mol. The van der Waals surface area contributed by atoms with Crippen molar-refractivity contribution in [1.29, 1.82) is 0 Å². The van der Waals surface area contributed by atoms with E-state index in [2.05, 4.69) is 4.98 Å². The van der Waals surface area contributed by atoms with Gasteiger partial charge in [0, 0.05) is 5.69 Å². The van der Waals surface area contributed by atoms with E-state index in [0.717, 1.165) is 11.4 Å². The molecule has 2 rings (SSSR count). The van der Waals surface area contributed by atoms with Crippen LogP contribution < -0.4 is 0 Å². The third-order valence-corrected chi connectivity index (χ3v) is 2.72. The van der Waals surface area contributed by atoms with E-state index in [1.54, 1.807) is 0 Å². The molecule has 1 aromatic heterocycles. The van der Waals surface area contributed by atoms with Crippen LogP contribution in [0.5, 0.6) is 0 Å². The summed E-state index contributed by atoms with van der Waals surface area (Å²) in [6.07, 6.45) is 5.59. The molecule has 1 heterocycles. The Morgan fingerprint density at radius 3 is 2.86 bits per heavy atom. The van der Waals surface area contributed by atoms with Gasteiger partial charge in [-0.3, -0.25) is 4.98 Å². The summed E-state index contributed by atoms with van der Waals surface area (Å²) >= 11 is 0. The molecule has 0 unspecified atom stereocenters. The van der Waals surface area contributed by atoms with Crippen LogP contribution in [-0.4, -0.2) is 11.1 Å². The van der Waals surface area contributed by atoms with Crippen molar-refractivity contribution in [2.24, 2.45) is 0 Å². The molecular formula is C12H17NO. The standard InChI is InChI=1S/C12H17NO/c1-10-5-4-6-11(13-10)9-14-12-7-2-3-8-12/h4-6,12H,2-3,7-9H2,1H3. The minimum Gasteiger partial charge on any atom is -0.372 e. The number of hydrogen-bond acceptors (Lipinski definition) is 2. The van der Waals surface area contributed by atoms with Crippen molar-refractivity contribution in [2.75, 3.05) is 0 Å². The third kappa shape index (κ3) is 2.55. The van der Waals surface area contributed by atoms with Gasteiger partial charge in [0.05, 0.1) is 18.4 Å². The van der Waals surface area contributed by atoms with E-state index in [1.165, 1.54) is 25.7 Å². The Balaban J connectivity index is 1.85. The van der Waals surface area contributed by atoms with Gasteiger partial charge in [0.15, 0.2) is 0 Å². The zero-order valence-corrected chi connectivity index (χ0v) is 8.70. The molecule has 76 valence electrons. The summed E-state index contributed by atoms with van der Waals surface area (Å²) in [6, 6.07) is 6.08. The Labute approximate surface area is 85.3 Å². The van der Waals surface area contributed by atoms with Crippen molar-refractivity contribution in [3.63, 3.8) is 0 Å². The Morgan fingerprint density at radius 1 is 1.36 bits per heavy atom. The number of rotatable bonds is 3. The molecule has 1 saturated carbocycles. The molecule has 1 aromatic rings. The highest BCUT2D eigenvalue weighted by molar-refractivity contribution is 5.08. The van der Waals surface area contributed by atoms with Crippen LogP contribution in [0.2, 0.25) is 0 Å². The Kier molecular flexibility index (Phi) is 3.14. The first-order valence-corrected chi connectivity index (χ1v) is 5.39. The minimum atomic E-state index is 0.484. The van der Waals surface area contributed by atoms with Crippen LogP contribution in [0.1, 0.15) is 37.1 Å². The van der Waals surface area contributed by atoms with Gasteiger partial charge in [-0.15, -0.1) is 0 Å². The van der Waals surface area contributed by atoms with Crippen molar-refractivity contribution in [3.05, 3.63) is 29.6 Å². The van der Waals surface area contributed by atoms with Gasteiger partial charge in [-0.2, -0.15) is 0 Å². The minimum absolute atomic E-state index is 0.484. The maximum Gasteiger partial charge on any atom is 0.0891 e. The Hall–Kier alpha value is -0.890. The van der Waals surface area contributed by atoms with E-state index in [9.17, 15) is 0 Å². The van der Waals surface area contributed by atoms with E-state index in [4.69, 9.17) is 4.74 Å². The Morgan fingerprint density at radius 2 is 2.14 bits per heavy atom.